The monoisotopic (exact) mass is 592 g/mol. The molecule has 2 aromatic carbocycles. The van der Waals surface area contributed by atoms with Gasteiger partial charge in [0.15, 0.2) is 16.7 Å². The topological polar surface area (TPSA) is 134 Å². The number of ether oxygens (including phenoxy) is 3. The van der Waals surface area contributed by atoms with Crippen LogP contribution in [0.5, 0.6) is 0 Å². The number of esters is 1. The molecule has 0 aliphatic rings. The normalized spacial score (nSPS) is 11.4. The van der Waals surface area contributed by atoms with Crippen LogP contribution in [0, 0.1) is 0 Å². The van der Waals surface area contributed by atoms with Gasteiger partial charge in [-0.3, -0.25) is 0 Å². The molecule has 0 amide bonds. The van der Waals surface area contributed by atoms with Crippen molar-refractivity contribution >= 4 is 75.1 Å². The van der Waals surface area contributed by atoms with E-state index in [2.05, 4.69) is 32.5 Å². The summed E-state index contributed by atoms with van der Waals surface area (Å²) >= 11 is 6.45. The van der Waals surface area contributed by atoms with Crippen molar-refractivity contribution in [3.05, 3.63) is 70.8 Å². The average Bonchev–Trinajstić information content (AvgIpc) is 3.56. The van der Waals surface area contributed by atoms with Gasteiger partial charge in [0, 0.05) is 25.5 Å². The first-order valence-corrected chi connectivity index (χ1v) is 13.0. The number of aromatic amines is 1. The molecule has 2 aromatic heterocycles. The van der Waals surface area contributed by atoms with Gasteiger partial charge in [-0.15, -0.1) is 5.10 Å². The Hall–Kier alpha value is -2.61. The number of halogens is 1. The summed E-state index contributed by atoms with van der Waals surface area (Å²) in [5.41, 5.74) is 3.67. The van der Waals surface area contributed by atoms with E-state index in [0.717, 1.165) is 35.1 Å². The molecule has 11 nitrogen and oxygen atoms in total. The third-order valence-electron chi connectivity index (χ3n) is 5.86. The second-order valence-electron chi connectivity index (χ2n) is 8.63. The molecule has 13 heteroatoms. The van der Waals surface area contributed by atoms with Gasteiger partial charge in [0.25, 0.3) is 0 Å². The fraction of sp³-hybridized carbons (Fsp3) is 0.333. The van der Waals surface area contributed by atoms with Gasteiger partial charge in [-0.05, 0) is 46.5 Å². The molecular weight excluding hydrogens is 563 g/mol. The molecule has 1 unspecified atom stereocenters. The van der Waals surface area contributed by atoms with Gasteiger partial charge in [-0.1, -0.05) is 67.4 Å². The van der Waals surface area contributed by atoms with Crippen LogP contribution in [0.4, 0.5) is 4.79 Å². The molecule has 40 heavy (non-hydrogen) atoms. The van der Waals surface area contributed by atoms with Gasteiger partial charge in [0.1, 0.15) is 5.82 Å². The second kappa shape index (κ2) is 15.4. The summed E-state index contributed by atoms with van der Waals surface area (Å²) in [4.78, 5) is 29.3. The Kier molecular flexibility index (Phi) is 12.3. The second-order valence-corrected chi connectivity index (χ2v) is 8.98. The van der Waals surface area contributed by atoms with Crippen LogP contribution in [0.2, 0.25) is 5.15 Å². The molecule has 0 aliphatic heterocycles. The fourth-order valence-corrected chi connectivity index (χ4v) is 4.36. The molecule has 1 atom stereocenters. The molecular formula is C27H30ClKN6O5. The quantitative estimate of drug-likeness (QED) is 0.148. The predicted octanol–water partition coefficient (Wildman–Crippen LogP) is 4.80. The number of aromatic nitrogens is 6. The zero-order valence-electron chi connectivity index (χ0n) is 21.9. The number of nitrogens with one attached hydrogen (secondary N) is 1. The van der Waals surface area contributed by atoms with Gasteiger partial charge >= 0.3 is 63.5 Å². The molecule has 4 aromatic rings. The molecule has 0 aliphatic carbocycles. The van der Waals surface area contributed by atoms with Crippen molar-refractivity contribution in [3.63, 3.8) is 0 Å². The van der Waals surface area contributed by atoms with Crippen molar-refractivity contribution < 1.29 is 23.8 Å². The molecule has 0 spiro atoms. The number of hydrogen-bond acceptors (Lipinski definition) is 9. The first-order valence-electron chi connectivity index (χ1n) is 12.6. The van der Waals surface area contributed by atoms with Gasteiger partial charge < -0.3 is 18.8 Å². The molecule has 0 fully saturated rings. The number of benzene rings is 2. The van der Waals surface area contributed by atoms with E-state index in [1.54, 1.807) is 11.5 Å². The molecule has 0 saturated carbocycles. The standard InChI is InChI=1S/C27H29ClN6O5.K.H/c1-4-6-12-22-29-24(28)23(26(35)38-17(3)39-27(36)37-5-2)34(22)16-18-13-14-20(19-10-8-7-9-11-19)21(15-18)25-30-32-33-31-25;;/h7-11,13-15,17H,4-6,12,16H2,1-3H3,(H,30,31,32,33);;. The van der Waals surface area contributed by atoms with Gasteiger partial charge in [-0.2, -0.15) is 0 Å². The van der Waals surface area contributed by atoms with Gasteiger partial charge in [0.05, 0.1) is 6.61 Å². The molecule has 1 N–H and O–H groups in total. The number of imidazole rings is 1. The maximum absolute atomic E-state index is 13.2. The van der Waals surface area contributed by atoms with Crippen LogP contribution in [-0.4, -0.2) is 107 Å². The summed E-state index contributed by atoms with van der Waals surface area (Å²) in [6.07, 6.45) is 0.272. The number of H-pyrrole nitrogens is 1. The molecule has 0 saturated heterocycles. The van der Waals surface area contributed by atoms with Crippen LogP contribution in [0.25, 0.3) is 22.5 Å². The fourth-order valence-electron chi connectivity index (χ4n) is 4.09. The van der Waals surface area contributed by atoms with E-state index in [9.17, 15) is 9.59 Å². The van der Waals surface area contributed by atoms with E-state index in [4.69, 9.17) is 25.8 Å². The Morgan fingerprint density at radius 3 is 2.52 bits per heavy atom. The maximum atomic E-state index is 13.2. The summed E-state index contributed by atoms with van der Waals surface area (Å²) in [6.45, 7) is 5.54. The molecule has 206 valence electrons. The van der Waals surface area contributed by atoms with Crippen molar-refractivity contribution in [2.45, 2.75) is 52.9 Å². The van der Waals surface area contributed by atoms with Crippen LogP contribution in [0.1, 0.15) is 55.5 Å². The zero-order chi connectivity index (χ0) is 27.8. The van der Waals surface area contributed by atoms with E-state index in [-0.39, 0.29) is 75.4 Å². The molecule has 0 radical (unpaired) electrons. The zero-order valence-corrected chi connectivity index (χ0v) is 22.6. The van der Waals surface area contributed by atoms with Crippen LogP contribution in [-0.2, 0) is 27.2 Å². The third-order valence-corrected chi connectivity index (χ3v) is 6.12. The van der Waals surface area contributed by atoms with E-state index < -0.39 is 18.4 Å². The number of nitrogens with zero attached hydrogens (tertiary/aromatic N) is 5. The Balaban J connectivity index is 0.00000441. The Labute approximate surface area is 279 Å². The summed E-state index contributed by atoms with van der Waals surface area (Å²) in [5.74, 6) is 0.380. The first-order chi connectivity index (χ1) is 18.9. The van der Waals surface area contributed by atoms with Gasteiger partial charge in [-0.25, -0.2) is 19.7 Å². The van der Waals surface area contributed by atoms with E-state index in [1.807, 2.05) is 48.5 Å². The summed E-state index contributed by atoms with van der Waals surface area (Å²) in [7, 11) is 0. The Morgan fingerprint density at radius 2 is 1.85 bits per heavy atom. The molecule has 2 heterocycles. The van der Waals surface area contributed by atoms with Crippen molar-refractivity contribution in [3.8, 4) is 22.5 Å². The van der Waals surface area contributed by atoms with E-state index in [1.165, 1.54) is 6.92 Å². The number of tetrazole rings is 1. The first kappa shape index (κ1) is 31.9. The van der Waals surface area contributed by atoms with Crippen molar-refractivity contribution in [2.24, 2.45) is 0 Å². The van der Waals surface area contributed by atoms with Gasteiger partial charge in [0.2, 0.25) is 6.29 Å². The number of carbonyl (C=O) groups excluding carboxylic acids is 2. The van der Waals surface area contributed by atoms with Crippen LogP contribution in [0.15, 0.2) is 48.5 Å². The summed E-state index contributed by atoms with van der Waals surface area (Å²) < 4.78 is 16.8. The minimum absolute atomic E-state index is 0. The van der Waals surface area contributed by atoms with Crippen LogP contribution >= 0.6 is 11.6 Å². The average molecular weight is 593 g/mol. The third kappa shape index (κ3) is 7.99. The number of rotatable bonds is 11. The molecule has 0 bridgehead atoms. The van der Waals surface area contributed by atoms with E-state index in [0.29, 0.717) is 18.1 Å². The Bertz CT molecular complexity index is 1410. The Morgan fingerprint density at radius 1 is 1.07 bits per heavy atom. The number of unbranched alkanes of at least 4 members (excludes halogenated alkanes) is 1. The predicted molar refractivity (Wildman–Crippen MR) is 150 cm³/mol. The summed E-state index contributed by atoms with van der Waals surface area (Å²) in [6, 6.07) is 15.8. The van der Waals surface area contributed by atoms with Crippen LogP contribution in [0.3, 0.4) is 0 Å². The van der Waals surface area contributed by atoms with Crippen molar-refractivity contribution in [1.29, 1.82) is 0 Å². The number of hydrogen-bond donors (Lipinski definition) is 1. The summed E-state index contributed by atoms with van der Waals surface area (Å²) in [5, 5.41) is 14.4. The minimum atomic E-state index is -1.19. The van der Waals surface area contributed by atoms with Crippen LogP contribution < -0.4 is 0 Å². The van der Waals surface area contributed by atoms with E-state index >= 15 is 0 Å². The van der Waals surface area contributed by atoms with Crippen molar-refractivity contribution in [2.75, 3.05) is 6.61 Å². The van der Waals surface area contributed by atoms with Crippen molar-refractivity contribution in [1.82, 2.24) is 30.2 Å². The number of aryl methyl sites for hydroxylation is 1. The molecule has 4 rings (SSSR count). The SMILES string of the molecule is CCCCc1nc(Cl)c(C(=O)OC(C)OC(=O)OCC)n1Cc1ccc(-c2ccccc2)c(-c2nnn[nH]2)c1.[KH]. The number of carbonyl (C=O) groups is 2.